The van der Waals surface area contributed by atoms with Gasteiger partial charge in [-0.2, -0.15) is 5.10 Å². The second-order valence-corrected chi connectivity index (χ2v) is 5.85. The molecule has 0 aliphatic heterocycles. The van der Waals surface area contributed by atoms with Crippen molar-refractivity contribution >= 4 is 29.6 Å². The summed E-state index contributed by atoms with van der Waals surface area (Å²) >= 11 is 5.94. The van der Waals surface area contributed by atoms with Gasteiger partial charge < -0.3 is 15.2 Å². The van der Waals surface area contributed by atoms with E-state index in [4.69, 9.17) is 16.3 Å². The van der Waals surface area contributed by atoms with Crippen LogP contribution >= 0.6 is 11.6 Å². The molecule has 0 unspecified atom stereocenters. The molecule has 0 atom stereocenters. The third kappa shape index (κ3) is 6.31. The largest absolute Gasteiger partial charge is 0.504 e. The maximum absolute atomic E-state index is 12.0. The Balaban J connectivity index is 1.78. The number of carbonyl (C=O) groups is 2. The van der Waals surface area contributed by atoms with Crippen LogP contribution in [0.25, 0.3) is 0 Å². The van der Waals surface area contributed by atoms with Gasteiger partial charge in [0.15, 0.2) is 11.5 Å². The fourth-order valence-electron chi connectivity index (χ4n) is 2.15. The first-order chi connectivity index (χ1) is 13.0. The molecule has 0 heterocycles. The molecule has 0 bridgehead atoms. The standard InChI is InChI=1S/C19H20ClN3O4/c1-2-27-17-11-13(7-8-16(17)24)12-22-23-18(25)9-10-21-19(26)14-5-3-4-6-15(14)20/h3-8,11-12,24H,2,9-10H2,1H3,(H,21,26)(H,23,25). The van der Waals surface area contributed by atoms with Crippen LogP contribution in [0.5, 0.6) is 11.5 Å². The molecule has 2 aromatic carbocycles. The van der Waals surface area contributed by atoms with E-state index in [0.717, 1.165) is 0 Å². The maximum Gasteiger partial charge on any atom is 0.252 e. The van der Waals surface area contributed by atoms with Crippen LogP contribution in [0.1, 0.15) is 29.3 Å². The molecule has 0 aliphatic carbocycles. The highest BCUT2D eigenvalue weighted by Crippen LogP contribution is 2.26. The first-order valence-electron chi connectivity index (χ1n) is 8.31. The molecule has 0 saturated heterocycles. The van der Waals surface area contributed by atoms with Crippen LogP contribution in [-0.4, -0.2) is 36.3 Å². The van der Waals surface area contributed by atoms with Gasteiger partial charge in [0.25, 0.3) is 5.91 Å². The van der Waals surface area contributed by atoms with E-state index in [1.54, 1.807) is 36.4 Å². The zero-order chi connectivity index (χ0) is 19.6. The van der Waals surface area contributed by atoms with Crippen LogP contribution in [0, 0.1) is 0 Å². The minimum atomic E-state index is -0.352. The lowest BCUT2D eigenvalue weighted by Gasteiger charge is -2.06. The van der Waals surface area contributed by atoms with E-state index in [2.05, 4.69) is 15.8 Å². The molecule has 142 valence electrons. The number of hydrazone groups is 1. The Hall–Kier alpha value is -3.06. The van der Waals surface area contributed by atoms with Gasteiger partial charge in [-0.15, -0.1) is 0 Å². The quantitative estimate of drug-likeness (QED) is 0.477. The second-order valence-electron chi connectivity index (χ2n) is 5.44. The van der Waals surface area contributed by atoms with Crippen LogP contribution in [0.2, 0.25) is 5.02 Å². The Labute approximate surface area is 162 Å². The summed E-state index contributed by atoms with van der Waals surface area (Å²) in [6.45, 7) is 2.38. The summed E-state index contributed by atoms with van der Waals surface area (Å²) in [5.74, 6) is -0.318. The third-order valence-corrected chi connectivity index (χ3v) is 3.77. The minimum Gasteiger partial charge on any atom is -0.504 e. The Morgan fingerprint density at radius 1 is 1.26 bits per heavy atom. The summed E-state index contributed by atoms with van der Waals surface area (Å²) < 4.78 is 5.28. The molecule has 0 fully saturated rings. The van der Waals surface area contributed by atoms with Crippen molar-refractivity contribution in [3.8, 4) is 11.5 Å². The van der Waals surface area contributed by atoms with Crippen molar-refractivity contribution in [1.29, 1.82) is 0 Å². The van der Waals surface area contributed by atoms with Crippen molar-refractivity contribution in [3.63, 3.8) is 0 Å². The number of phenolic OH excluding ortho intramolecular Hbond substituents is 1. The van der Waals surface area contributed by atoms with E-state index in [0.29, 0.717) is 28.5 Å². The predicted octanol–water partition coefficient (Wildman–Crippen LogP) is 2.71. The van der Waals surface area contributed by atoms with E-state index in [9.17, 15) is 14.7 Å². The second kappa shape index (κ2) is 10.2. The summed E-state index contributed by atoms with van der Waals surface area (Å²) in [6, 6.07) is 11.4. The average molecular weight is 390 g/mol. The zero-order valence-corrected chi connectivity index (χ0v) is 15.5. The van der Waals surface area contributed by atoms with E-state index < -0.39 is 0 Å². The molecule has 7 nitrogen and oxygen atoms in total. The minimum absolute atomic E-state index is 0.0345. The molecular formula is C19H20ClN3O4. The SMILES string of the molecule is CCOc1cc(C=NNC(=O)CCNC(=O)c2ccccc2Cl)ccc1O. The number of hydrogen-bond donors (Lipinski definition) is 3. The van der Waals surface area contributed by atoms with Crippen LogP contribution in [-0.2, 0) is 4.79 Å². The van der Waals surface area contributed by atoms with Gasteiger partial charge in [0, 0.05) is 13.0 Å². The smallest absolute Gasteiger partial charge is 0.252 e. The molecule has 2 aromatic rings. The fourth-order valence-corrected chi connectivity index (χ4v) is 2.37. The number of amides is 2. The molecule has 27 heavy (non-hydrogen) atoms. The van der Waals surface area contributed by atoms with Gasteiger partial charge in [-0.1, -0.05) is 23.7 Å². The molecule has 2 rings (SSSR count). The number of hydrogen-bond acceptors (Lipinski definition) is 5. The molecule has 0 radical (unpaired) electrons. The highest BCUT2D eigenvalue weighted by atomic mass is 35.5. The van der Waals surface area contributed by atoms with Gasteiger partial charge in [0.05, 0.1) is 23.4 Å². The topological polar surface area (TPSA) is 100 Å². The van der Waals surface area contributed by atoms with Crippen molar-refractivity contribution in [2.45, 2.75) is 13.3 Å². The predicted molar refractivity (Wildman–Crippen MR) is 103 cm³/mol. The van der Waals surface area contributed by atoms with E-state index in [1.165, 1.54) is 12.3 Å². The van der Waals surface area contributed by atoms with Crippen LogP contribution < -0.4 is 15.5 Å². The summed E-state index contributed by atoms with van der Waals surface area (Å²) in [4.78, 5) is 23.7. The number of ether oxygens (including phenoxy) is 1. The van der Waals surface area contributed by atoms with Crippen molar-refractivity contribution < 1.29 is 19.4 Å². The Bertz CT molecular complexity index is 839. The molecule has 0 saturated carbocycles. The Kier molecular flexibility index (Phi) is 7.63. The molecule has 3 N–H and O–H groups in total. The van der Waals surface area contributed by atoms with Crippen LogP contribution in [0.4, 0.5) is 0 Å². The highest BCUT2D eigenvalue weighted by Gasteiger charge is 2.09. The zero-order valence-electron chi connectivity index (χ0n) is 14.7. The fraction of sp³-hybridized carbons (Fsp3) is 0.211. The molecule has 8 heteroatoms. The first-order valence-corrected chi connectivity index (χ1v) is 8.69. The average Bonchev–Trinajstić information content (AvgIpc) is 2.65. The van der Waals surface area contributed by atoms with Gasteiger partial charge >= 0.3 is 0 Å². The lowest BCUT2D eigenvalue weighted by molar-refractivity contribution is -0.120. The van der Waals surface area contributed by atoms with E-state index >= 15 is 0 Å². The third-order valence-electron chi connectivity index (χ3n) is 3.44. The number of carbonyl (C=O) groups excluding carboxylic acids is 2. The highest BCUT2D eigenvalue weighted by molar-refractivity contribution is 6.33. The maximum atomic E-state index is 12.0. The summed E-state index contributed by atoms with van der Waals surface area (Å²) in [7, 11) is 0. The van der Waals surface area contributed by atoms with Gasteiger partial charge in [-0.3, -0.25) is 9.59 Å². The molecule has 2 amide bonds. The molecular weight excluding hydrogens is 370 g/mol. The lowest BCUT2D eigenvalue weighted by atomic mass is 10.2. The number of halogens is 1. The van der Waals surface area contributed by atoms with Crippen LogP contribution in [0.15, 0.2) is 47.6 Å². The number of phenols is 1. The van der Waals surface area contributed by atoms with Gasteiger partial charge in [0.1, 0.15) is 0 Å². The summed E-state index contributed by atoms with van der Waals surface area (Å²) in [5.41, 5.74) is 3.38. The van der Waals surface area contributed by atoms with Crippen molar-refractivity contribution in [2.24, 2.45) is 5.10 Å². The number of rotatable bonds is 8. The van der Waals surface area contributed by atoms with Gasteiger partial charge in [-0.25, -0.2) is 5.43 Å². The molecule has 0 aliphatic rings. The van der Waals surface area contributed by atoms with E-state index in [1.807, 2.05) is 6.92 Å². The number of aromatic hydroxyl groups is 1. The van der Waals surface area contributed by atoms with E-state index in [-0.39, 0.29) is 30.5 Å². The van der Waals surface area contributed by atoms with Gasteiger partial charge in [-0.05, 0) is 42.8 Å². The van der Waals surface area contributed by atoms with Crippen LogP contribution in [0.3, 0.4) is 0 Å². The van der Waals surface area contributed by atoms with Crippen molar-refractivity contribution in [1.82, 2.24) is 10.7 Å². The number of nitrogens with one attached hydrogen (secondary N) is 2. The Morgan fingerprint density at radius 3 is 2.78 bits per heavy atom. The number of nitrogens with zero attached hydrogens (tertiary/aromatic N) is 1. The Morgan fingerprint density at radius 2 is 2.04 bits per heavy atom. The van der Waals surface area contributed by atoms with Crippen molar-refractivity contribution in [2.75, 3.05) is 13.2 Å². The van der Waals surface area contributed by atoms with Gasteiger partial charge in [0.2, 0.25) is 5.91 Å². The monoisotopic (exact) mass is 389 g/mol. The summed E-state index contributed by atoms with van der Waals surface area (Å²) in [5, 5.41) is 16.5. The van der Waals surface area contributed by atoms with Crippen molar-refractivity contribution in [3.05, 3.63) is 58.6 Å². The molecule has 0 aromatic heterocycles. The number of benzene rings is 2. The summed E-state index contributed by atoms with van der Waals surface area (Å²) in [6.07, 6.45) is 1.50. The lowest BCUT2D eigenvalue weighted by Crippen LogP contribution is -2.29. The molecule has 0 spiro atoms. The normalized spacial score (nSPS) is 10.6. The first kappa shape index (κ1) is 20.3.